The fourth-order valence-corrected chi connectivity index (χ4v) is 4.92. The third kappa shape index (κ3) is 7.02. The Bertz CT molecular complexity index is 2100. The number of methoxy groups -OCH3 is 1. The van der Waals surface area contributed by atoms with Gasteiger partial charge in [-0.15, -0.1) is 25.9 Å². The summed E-state index contributed by atoms with van der Waals surface area (Å²) in [5.41, 5.74) is 4.70. The molecule has 0 bridgehead atoms. The quantitative estimate of drug-likeness (QED) is 0.124. The van der Waals surface area contributed by atoms with E-state index in [0.717, 1.165) is 0 Å². The van der Waals surface area contributed by atoms with E-state index in [-0.39, 0.29) is 63.5 Å². The van der Waals surface area contributed by atoms with Crippen LogP contribution in [-0.4, -0.2) is 84.1 Å². The van der Waals surface area contributed by atoms with Crippen molar-refractivity contribution in [3.63, 3.8) is 0 Å². The number of amidine groups is 1. The number of hydrazine groups is 2. The van der Waals surface area contributed by atoms with E-state index in [1.165, 1.54) is 61.0 Å². The highest BCUT2D eigenvalue weighted by Crippen LogP contribution is 2.35. The zero-order valence-corrected chi connectivity index (χ0v) is 26.4. The molecule has 2 amide bonds. The molecule has 0 atom stereocenters. The number of nitrogens with zero attached hydrogens (tertiary/aromatic N) is 7. The van der Waals surface area contributed by atoms with Crippen LogP contribution in [0.3, 0.4) is 0 Å². The van der Waals surface area contributed by atoms with Gasteiger partial charge in [0.25, 0.3) is 11.8 Å². The van der Waals surface area contributed by atoms with Gasteiger partial charge in [0.15, 0.2) is 34.6 Å². The van der Waals surface area contributed by atoms with Gasteiger partial charge in [-0.1, -0.05) is 11.6 Å². The largest absolute Gasteiger partial charge is 0.493 e. The summed E-state index contributed by atoms with van der Waals surface area (Å²) in [6, 6.07) is 8.04. The molecule has 4 aromatic rings. The van der Waals surface area contributed by atoms with Crippen molar-refractivity contribution >= 4 is 58.3 Å². The van der Waals surface area contributed by atoms with Gasteiger partial charge in [-0.3, -0.25) is 14.2 Å². The van der Waals surface area contributed by atoms with Gasteiger partial charge in [-0.25, -0.2) is 20.1 Å². The highest BCUT2D eigenvalue weighted by molar-refractivity contribution is 6.48. The summed E-state index contributed by atoms with van der Waals surface area (Å²) in [4.78, 5) is 54.0. The number of ether oxygens (including phenoxy) is 2. The minimum atomic E-state index is -1.34. The fraction of sp³-hybridized carbons (Fsp3) is 0.100. The first kappa shape index (κ1) is 33.1. The zero-order chi connectivity index (χ0) is 35.4. The molecule has 0 saturated heterocycles. The monoisotopic (exact) mass is 701 g/mol. The molecular formula is C30H24ClN11O8. The van der Waals surface area contributed by atoms with Gasteiger partial charge in [0.2, 0.25) is 0 Å². The summed E-state index contributed by atoms with van der Waals surface area (Å²) in [6.45, 7) is -0.0674. The number of carboxylic acid groups (broad SMARTS) is 2. The number of aromatic carboxylic acids is 2. The van der Waals surface area contributed by atoms with Crippen LogP contribution in [0.4, 0.5) is 11.4 Å². The van der Waals surface area contributed by atoms with Crippen molar-refractivity contribution in [2.75, 3.05) is 24.4 Å². The van der Waals surface area contributed by atoms with E-state index in [9.17, 15) is 29.4 Å². The molecule has 19 nitrogen and oxygen atoms in total. The molecule has 0 unspecified atom stereocenters. The molecule has 6 rings (SSSR count). The highest BCUT2D eigenvalue weighted by atomic mass is 35.5. The van der Waals surface area contributed by atoms with Crippen LogP contribution in [0.25, 0.3) is 5.82 Å². The second-order valence-electron chi connectivity index (χ2n) is 10.2. The highest BCUT2D eigenvalue weighted by Gasteiger charge is 2.24. The summed E-state index contributed by atoms with van der Waals surface area (Å²) in [7, 11) is 1.32. The Balaban J connectivity index is 1.18. The molecule has 0 aliphatic carbocycles. The number of hydrogen-bond donors (Lipinski definition) is 6. The maximum Gasteiger partial charge on any atom is 0.337 e. The van der Waals surface area contributed by atoms with Gasteiger partial charge in [0, 0.05) is 36.0 Å². The van der Waals surface area contributed by atoms with E-state index >= 15 is 0 Å². The van der Waals surface area contributed by atoms with E-state index in [0.29, 0.717) is 17.2 Å². The fourth-order valence-electron chi connectivity index (χ4n) is 4.66. The van der Waals surface area contributed by atoms with Crippen molar-refractivity contribution in [1.29, 1.82) is 0 Å². The lowest BCUT2D eigenvalue weighted by Crippen LogP contribution is -2.40. The van der Waals surface area contributed by atoms with E-state index in [1.54, 1.807) is 23.0 Å². The summed E-state index contributed by atoms with van der Waals surface area (Å²) < 4.78 is 12.8. The van der Waals surface area contributed by atoms with Crippen molar-refractivity contribution in [3.8, 4) is 17.3 Å². The minimum absolute atomic E-state index is 0.0327. The molecule has 0 spiro atoms. The smallest absolute Gasteiger partial charge is 0.337 e. The van der Waals surface area contributed by atoms with Crippen LogP contribution in [0.15, 0.2) is 77.5 Å². The maximum atomic E-state index is 13.0. The summed E-state index contributed by atoms with van der Waals surface area (Å²) in [5, 5.41) is 41.9. The molecule has 2 aromatic heterocycles. The number of aromatic nitrogens is 4. The van der Waals surface area contributed by atoms with Gasteiger partial charge < -0.3 is 30.3 Å². The number of carbonyl (C=O) groups is 4. The molecule has 4 heterocycles. The Labute approximate surface area is 285 Å². The molecule has 254 valence electrons. The Morgan fingerprint density at radius 1 is 0.940 bits per heavy atom. The molecule has 2 aliphatic heterocycles. The van der Waals surface area contributed by atoms with E-state index in [1.807, 2.05) is 0 Å². The number of imidazole rings is 1. The second kappa shape index (κ2) is 14.1. The topological polar surface area (TPSA) is 247 Å². The van der Waals surface area contributed by atoms with E-state index in [4.69, 9.17) is 21.1 Å². The second-order valence-corrected chi connectivity index (χ2v) is 10.6. The molecule has 0 radical (unpaired) electrons. The Morgan fingerprint density at radius 2 is 1.70 bits per heavy atom. The first-order chi connectivity index (χ1) is 24.1. The van der Waals surface area contributed by atoms with Gasteiger partial charge in [0.05, 0.1) is 36.2 Å². The molecule has 20 heteroatoms. The SMILES string of the molecule is COc1cc(C(=O)O)c(NC(=O)c2ccc(-n3ccnc3)nn2)cc1OCCc1cc(NC(=O)C2=NN3NNN=C3C=C2)c(C(=O)O)cc1Cl. The van der Waals surface area contributed by atoms with Crippen LogP contribution in [0, 0.1) is 0 Å². The number of hydrazone groups is 2. The third-order valence-electron chi connectivity index (χ3n) is 7.10. The van der Waals surface area contributed by atoms with Crippen LogP contribution in [-0.2, 0) is 11.2 Å². The summed E-state index contributed by atoms with van der Waals surface area (Å²) in [6.07, 6.45) is 7.77. The van der Waals surface area contributed by atoms with Crippen LogP contribution < -0.4 is 31.2 Å². The first-order valence-corrected chi connectivity index (χ1v) is 14.7. The number of rotatable bonds is 12. The Kier molecular flexibility index (Phi) is 9.32. The van der Waals surface area contributed by atoms with Crippen LogP contribution in [0.5, 0.6) is 11.5 Å². The number of hydrogen-bond acceptors (Lipinski definition) is 14. The Morgan fingerprint density at radius 3 is 2.40 bits per heavy atom. The number of fused-ring (bicyclic) bond motifs is 1. The molecule has 0 saturated carbocycles. The van der Waals surface area contributed by atoms with Crippen LogP contribution >= 0.6 is 11.6 Å². The van der Waals surface area contributed by atoms with Crippen LogP contribution in [0.1, 0.15) is 36.8 Å². The predicted octanol–water partition coefficient (Wildman–Crippen LogP) is 2.10. The maximum absolute atomic E-state index is 13.0. The molecule has 2 aliphatic rings. The lowest BCUT2D eigenvalue weighted by atomic mass is 10.1. The molecule has 0 fully saturated rings. The van der Waals surface area contributed by atoms with Gasteiger partial charge in [-0.2, -0.15) is 5.12 Å². The number of anilines is 2. The number of benzene rings is 2. The molecular weight excluding hydrogens is 678 g/mol. The number of carboxylic acids is 2. The van der Waals surface area contributed by atoms with Crippen molar-refractivity contribution in [2.45, 2.75) is 6.42 Å². The van der Waals surface area contributed by atoms with Crippen molar-refractivity contribution in [2.24, 2.45) is 10.2 Å². The Hall–Kier alpha value is -6.86. The van der Waals surface area contributed by atoms with E-state index < -0.39 is 23.8 Å². The van der Waals surface area contributed by atoms with E-state index in [2.05, 4.69) is 47.1 Å². The van der Waals surface area contributed by atoms with Crippen LogP contribution in [0.2, 0.25) is 5.02 Å². The lowest BCUT2D eigenvalue weighted by molar-refractivity contribution is -0.110. The van der Waals surface area contributed by atoms with Crippen molar-refractivity contribution in [1.82, 2.24) is 35.9 Å². The number of carbonyl (C=O) groups excluding carboxylic acids is 2. The predicted molar refractivity (Wildman–Crippen MR) is 175 cm³/mol. The molecule has 6 N–H and O–H groups in total. The number of halogens is 1. The number of amides is 2. The molecule has 50 heavy (non-hydrogen) atoms. The summed E-state index contributed by atoms with van der Waals surface area (Å²) >= 11 is 6.41. The average molecular weight is 702 g/mol. The number of nitrogens with one attached hydrogen (secondary N) is 4. The standard InChI is InChI=1S/C30H24ClN11O8/c1-49-23-12-17(30(47)48)22(34-27(43)19-2-4-25(36-35-19)41-8-7-32-14-41)13-24(23)50-9-6-15-10-21(16(29(45)46)11-18(15)31)33-28(44)20-3-5-26-37-39-40-42(26)38-20/h2-5,7-8,10-14,39-40H,6,9H2,1H3,(H,33,44)(H,34,43)(H,45,46)(H,47,48). The van der Waals surface area contributed by atoms with Crippen molar-refractivity contribution < 1.29 is 38.9 Å². The minimum Gasteiger partial charge on any atom is -0.493 e. The third-order valence-corrected chi connectivity index (χ3v) is 7.45. The average Bonchev–Trinajstić information content (AvgIpc) is 3.82. The lowest BCUT2D eigenvalue weighted by Gasteiger charge is -2.17. The zero-order valence-electron chi connectivity index (χ0n) is 25.6. The summed E-state index contributed by atoms with van der Waals surface area (Å²) in [5.74, 6) is -3.13. The van der Waals surface area contributed by atoms with Crippen molar-refractivity contribution in [3.05, 3.63) is 94.7 Å². The van der Waals surface area contributed by atoms with Gasteiger partial charge >= 0.3 is 11.9 Å². The normalized spacial score (nSPS) is 13.0. The molecule has 2 aromatic carbocycles. The first-order valence-electron chi connectivity index (χ1n) is 14.3. The van der Waals surface area contributed by atoms with Gasteiger partial charge in [-0.05, 0) is 42.0 Å². The van der Waals surface area contributed by atoms with Gasteiger partial charge in [0.1, 0.15) is 6.33 Å².